The molecular weight excluding hydrogens is 324 g/mol. The van der Waals surface area contributed by atoms with Crippen LogP contribution in [-0.4, -0.2) is 20.4 Å². The number of anilines is 1. The highest BCUT2D eigenvalue weighted by atomic mass is 35.5. The molecule has 3 aromatic rings. The molecule has 1 amide bonds. The number of pyridine rings is 1. The molecule has 0 unspecified atom stereocenters. The van der Waals surface area contributed by atoms with Crippen LogP contribution in [0.1, 0.15) is 10.4 Å². The van der Waals surface area contributed by atoms with E-state index < -0.39 is 0 Å². The lowest BCUT2D eigenvalue weighted by molar-refractivity contribution is 0.102. The quantitative estimate of drug-likeness (QED) is 0.742. The number of hydrogen-bond acceptors (Lipinski definition) is 3. The molecule has 6 heteroatoms. The van der Waals surface area contributed by atoms with Crippen LogP contribution in [0.4, 0.5) is 5.82 Å². The van der Waals surface area contributed by atoms with Crippen LogP contribution in [0.5, 0.6) is 0 Å². The van der Waals surface area contributed by atoms with Crippen molar-refractivity contribution < 1.29 is 4.79 Å². The molecule has 0 fully saturated rings. The molecule has 1 aromatic carbocycles. The van der Waals surface area contributed by atoms with Gasteiger partial charge in [-0.05, 0) is 6.07 Å². The summed E-state index contributed by atoms with van der Waals surface area (Å²) >= 11 is 6.04. The minimum atomic E-state index is -0.349. The van der Waals surface area contributed by atoms with Crippen LogP contribution in [0.3, 0.4) is 0 Å². The van der Waals surface area contributed by atoms with Crippen LogP contribution in [-0.2, 0) is 6.54 Å². The zero-order valence-electron chi connectivity index (χ0n) is 12.6. The summed E-state index contributed by atoms with van der Waals surface area (Å²) in [5.41, 5.74) is 1.85. The van der Waals surface area contributed by atoms with Gasteiger partial charge in [-0.2, -0.15) is 0 Å². The third kappa shape index (κ3) is 3.14. The number of amides is 1. The molecule has 0 saturated heterocycles. The van der Waals surface area contributed by atoms with E-state index in [0.29, 0.717) is 23.6 Å². The highest BCUT2D eigenvalue weighted by molar-refractivity contribution is 6.34. The molecule has 0 saturated carbocycles. The molecule has 0 spiro atoms. The Labute approximate surface area is 144 Å². The Kier molecular flexibility index (Phi) is 4.59. The highest BCUT2D eigenvalue weighted by Crippen LogP contribution is 2.27. The van der Waals surface area contributed by atoms with Crippen molar-refractivity contribution in [3.05, 3.63) is 65.7 Å². The molecule has 0 atom stereocenters. The molecule has 0 aliphatic carbocycles. The lowest BCUT2D eigenvalue weighted by Crippen LogP contribution is -2.16. The van der Waals surface area contributed by atoms with E-state index in [1.54, 1.807) is 17.0 Å². The van der Waals surface area contributed by atoms with E-state index in [9.17, 15) is 4.79 Å². The summed E-state index contributed by atoms with van der Waals surface area (Å²) in [5, 5.41) is 3.13. The van der Waals surface area contributed by atoms with E-state index in [-0.39, 0.29) is 10.9 Å². The standard InChI is InChI=1S/C18H13ClN4O/c1-2-10-23-12-21-16(13-6-4-3-5-7-13)17(23)22-18(24)14-8-9-20-11-15(14)19/h1,3-9,11-12H,10H2,(H,22,24). The number of benzene rings is 1. The largest absolute Gasteiger partial charge is 0.306 e. The monoisotopic (exact) mass is 336 g/mol. The predicted octanol–water partition coefficient (Wildman–Crippen LogP) is 3.48. The van der Waals surface area contributed by atoms with E-state index in [1.807, 2.05) is 30.3 Å². The Hall–Kier alpha value is -3.10. The predicted molar refractivity (Wildman–Crippen MR) is 93.7 cm³/mol. The number of terminal acetylenes is 1. The van der Waals surface area contributed by atoms with Crippen LogP contribution in [0.2, 0.25) is 5.02 Å². The maximum atomic E-state index is 12.6. The van der Waals surface area contributed by atoms with Crippen molar-refractivity contribution >= 4 is 23.3 Å². The van der Waals surface area contributed by atoms with Gasteiger partial charge in [0.1, 0.15) is 11.5 Å². The van der Waals surface area contributed by atoms with Gasteiger partial charge in [-0.25, -0.2) is 4.98 Å². The zero-order chi connectivity index (χ0) is 16.9. The summed E-state index contributed by atoms with van der Waals surface area (Å²) in [6.07, 6.45) is 9.94. The highest BCUT2D eigenvalue weighted by Gasteiger charge is 2.17. The van der Waals surface area contributed by atoms with Gasteiger partial charge in [0.2, 0.25) is 0 Å². The maximum absolute atomic E-state index is 12.6. The summed E-state index contributed by atoms with van der Waals surface area (Å²) in [6, 6.07) is 11.1. The maximum Gasteiger partial charge on any atom is 0.258 e. The zero-order valence-corrected chi connectivity index (χ0v) is 13.4. The number of nitrogens with zero attached hydrogens (tertiary/aromatic N) is 3. The number of hydrogen-bond donors (Lipinski definition) is 1. The second kappa shape index (κ2) is 6.99. The van der Waals surface area contributed by atoms with Crippen molar-refractivity contribution in [2.45, 2.75) is 6.54 Å². The first-order chi connectivity index (χ1) is 11.7. The molecule has 5 nitrogen and oxygen atoms in total. The average Bonchev–Trinajstić information content (AvgIpc) is 2.99. The third-order valence-corrected chi connectivity index (χ3v) is 3.70. The summed E-state index contributed by atoms with van der Waals surface area (Å²) in [6.45, 7) is 0.291. The first-order valence-electron chi connectivity index (χ1n) is 7.15. The van der Waals surface area contributed by atoms with Gasteiger partial charge >= 0.3 is 0 Å². The summed E-state index contributed by atoms with van der Waals surface area (Å²) in [7, 11) is 0. The Balaban J connectivity index is 2.00. The fourth-order valence-electron chi connectivity index (χ4n) is 2.27. The van der Waals surface area contributed by atoms with Crippen molar-refractivity contribution in [2.75, 3.05) is 5.32 Å². The van der Waals surface area contributed by atoms with Gasteiger partial charge in [-0.15, -0.1) is 6.42 Å². The van der Waals surface area contributed by atoms with Gasteiger partial charge in [0.25, 0.3) is 5.91 Å². The lowest BCUT2D eigenvalue weighted by Gasteiger charge is -2.10. The second-order valence-corrected chi connectivity index (χ2v) is 5.36. The molecule has 3 rings (SSSR count). The number of nitrogens with one attached hydrogen (secondary N) is 1. The molecule has 1 N–H and O–H groups in total. The van der Waals surface area contributed by atoms with Crippen molar-refractivity contribution in [1.29, 1.82) is 0 Å². The Bertz CT molecular complexity index is 912. The molecule has 2 heterocycles. The van der Waals surface area contributed by atoms with E-state index in [2.05, 4.69) is 21.2 Å². The van der Waals surface area contributed by atoms with Crippen molar-refractivity contribution in [3.8, 4) is 23.6 Å². The molecule has 0 aliphatic rings. The van der Waals surface area contributed by atoms with Crippen molar-refractivity contribution in [2.24, 2.45) is 0 Å². The fraction of sp³-hybridized carbons (Fsp3) is 0.0556. The molecular formula is C18H13ClN4O. The normalized spacial score (nSPS) is 10.2. The van der Waals surface area contributed by atoms with Gasteiger partial charge in [0.05, 0.1) is 23.5 Å². The van der Waals surface area contributed by atoms with Crippen LogP contribution in [0, 0.1) is 12.3 Å². The van der Waals surface area contributed by atoms with E-state index >= 15 is 0 Å². The van der Waals surface area contributed by atoms with E-state index in [1.165, 1.54) is 12.4 Å². The van der Waals surface area contributed by atoms with Crippen LogP contribution in [0.25, 0.3) is 11.3 Å². The van der Waals surface area contributed by atoms with Gasteiger partial charge in [0.15, 0.2) is 0 Å². The van der Waals surface area contributed by atoms with Gasteiger partial charge in [-0.3, -0.25) is 9.78 Å². The van der Waals surface area contributed by atoms with E-state index in [0.717, 1.165) is 5.56 Å². The van der Waals surface area contributed by atoms with E-state index in [4.69, 9.17) is 18.0 Å². The van der Waals surface area contributed by atoms with Gasteiger partial charge in [0, 0.05) is 18.0 Å². The number of carbonyl (C=O) groups is 1. The Morgan fingerprint density at radius 2 is 2.08 bits per heavy atom. The van der Waals surface area contributed by atoms with Crippen LogP contribution in [0.15, 0.2) is 55.1 Å². The minimum absolute atomic E-state index is 0.277. The van der Waals surface area contributed by atoms with Gasteiger partial charge in [-0.1, -0.05) is 47.9 Å². The molecule has 2 aromatic heterocycles. The topological polar surface area (TPSA) is 59.8 Å². The van der Waals surface area contributed by atoms with Crippen LogP contribution < -0.4 is 5.32 Å². The van der Waals surface area contributed by atoms with Crippen molar-refractivity contribution in [3.63, 3.8) is 0 Å². The third-order valence-electron chi connectivity index (χ3n) is 3.40. The smallest absolute Gasteiger partial charge is 0.258 e. The summed E-state index contributed by atoms with van der Waals surface area (Å²) in [5.74, 6) is 2.73. The number of aromatic nitrogens is 3. The molecule has 0 aliphatic heterocycles. The molecule has 24 heavy (non-hydrogen) atoms. The van der Waals surface area contributed by atoms with Gasteiger partial charge < -0.3 is 9.88 Å². The number of carbonyl (C=O) groups excluding carboxylic acids is 1. The lowest BCUT2D eigenvalue weighted by atomic mass is 10.1. The molecule has 118 valence electrons. The molecule has 0 radical (unpaired) electrons. The Morgan fingerprint density at radius 3 is 2.79 bits per heavy atom. The average molecular weight is 337 g/mol. The molecule has 0 bridgehead atoms. The minimum Gasteiger partial charge on any atom is -0.306 e. The van der Waals surface area contributed by atoms with Crippen LogP contribution >= 0.6 is 11.6 Å². The van der Waals surface area contributed by atoms with Crippen molar-refractivity contribution in [1.82, 2.24) is 14.5 Å². The fourth-order valence-corrected chi connectivity index (χ4v) is 2.48. The number of imidazole rings is 1. The first kappa shape index (κ1) is 15.8. The number of rotatable bonds is 4. The second-order valence-electron chi connectivity index (χ2n) is 4.95. The summed E-state index contributed by atoms with van der Waals surface area (Å²) in [4.78, 5) is 20.8. The SMILES string of the molecule is C#CCn1cnc(-c2ccccc2)c1NC(=O)c1ccncc1Cl. The summed E-state index contributed by atoms with van der Waals surface area (Å²) < 4.78 is 1.70. The first-order valence-corrected chi connectivity index (χ1v) is 7.53. The number of halogens is 1. The Morgan fingerprint density at radius 1 is 1.29 bits per heavy atom.